The Morgan fingerprint density at radius 2 is 1.88 bits per heavy atom. The molecular formula is C19H25N3O4. The summed E-state index contributed by atoms with van der Waals surface area (Å²) in [5.41, 5.74) is 0.829. The quantitative estimate of drug-likeness (QED) is 0.889. The van der Waals surface area contributed by atoms with E-state index in [1.54, 1.807) is 16.7 Å². The van der Waals surface area contributed by atoms with Gasteiger partial charge in [0.15, 0.2) is 0 Å². The highest BCUT2D eigenvalue weighted by Crippen LogP contribution is 2.25. The first-order valence-electron chi connectivity index (χ1n) is 9.16. The van der Waals surface area contributed by atoms with E-state index < -0.39 is 0 Å². The fourth-order valence-corrected chi connectivity index (χ4v) is 3.48. The van der Waals surface area contributed by atoms with E-state index in [0.29, 0.717) is 39.1 Å². The van der Waals surface area contributed by atoms with Crippen LogP contribution in [0.4, 0.5) is 10.5 Å². The Morgan fingerprint density at radius 3 is 2.54 bits per heavy atom. The summed E-state index contributed by atoms with van der Waals surface area (Å²) in [6.45, 7) is 3.71. The van der Waals surface area contributed by atoms with Gasteiger partial charge in [-0.05, 0) is 31.9 Å². The molecule has 2 fully saturated rings. The monoisotopic (exact) mass is 359 g/mol. The number of nitrogens with zero attached hydrogens (tertiary/aromatic N) is 2. The second kappa shape index (κ2) is 8.21. The van der Waals surface area contributed by atoms with Crippen molar-refractivity contribution in [2.75, 3.05) is 31.1 Å². The van der Waals surface area contributed by atoms with Gasteiger partial charge in [-0.15, -0.1) is 0 Å². The largest absolute Gasteiger partial charge is 0.450 e. The summed E-state index contributed by atoms with van der Waals surface area (Å²) in [4.78, 5) is 39.9. The molecule has 0 spiro atoms. The number of carbonyl (C=O) groups excluding carboxylic acids is 3. The number of ether oxygens (including phenoxy) is 1. The summed E-state index contributed by atoms with van der Waals surface area (Å²) < 4.78 is 5.00. The molecule has 0 aromatic heterocycles. The molecule has 1 aromatic carbocycles. The summed E-state index contributed by atoms with van der Waals surface area (Å²) in [5.74, 6) is -0.425. The van der Waals surface area contributed by atoms with Gasteiger partial charge in [0.1, 0.15) is 0 Å². The Balaban J connectivity index is 1.49. The second-order valence-electron chi connectivity index (χ2n) is 6.71. The summed E-state index contributed by atoms with van der Waals surface area (Å²) in [6.07, 6.45) is 1.35. The summed E-state index contributed by atoms with van der Waals surface area (Å²) in [6, 6.07) is 9.46. The lowest BCUT2D eigenvalue weighted by atomic mass is 10.0. The number of nitrogens with one attached hydrogen (secondary N) is 1. The summed E-state index contributed by atoms with van der Waals surface area (Å²) in [7, 11) is 0. The van der Waals surface area contributed by atoms with E-state index in [1.165, 1.54) is 0 Å². The number of hydrogen-bond acceptors (Lipinski definition) is 4. The van der Waals surface area contributed by atoms with Crippen molar-refractivity contribution in [1.82, 2.24) is 10.2 Å². The molecule has 2 heterocycles. The van der Waals surface area contributed by atoms with Gasteiger partial charge in [0.05, 0.1) is 12.5 Å². The van der Waals surface area contributed by atoms with Gasteiger partial charge in [-0.2, -0.15) is 0 Å². The van der Waals surface area contributed by atoms with Crippen LogP contribution in [0, 0.1) is 5.92 Å². The van der Waals surface area contributed by atoms with Crippen LogP contribution in [0.15, 0.2) is 30.3 Å². The lowest BCUT2D eigenvalue weighted by molar-refractivity contribution is -0.127. The van der Waals surface area contributed by atoms with Crippen LogP contribution in [-0.2, 0) is 14.3 Å². The van der Waals surface area contributed by atoms with Crippen molar-refractivity contribution in [3.05, 3.63) is 30.3 Å². The first-order valence-corrected chi connectivity index (χ1v) is 9.16. The molecular weight excluding hydrogens is 334 g/mol. The third-order valence-corrected chi connectivity index (χ3v) is 4.93. The number of likely N-dealkylation sites (tertiary alicyclic amines) is 1. The van der Waals surface area contributed by atoms with E-state index in [0.717, 1.165) is 5.69 Å². The normalized spacial score (nSPS) is 21.0. The molecule has 140 valence electrons. The fraction of sp³-hybridized carbons (Fsp3) is 0.526. The first-order chi connectivity index (χ1) is 12.6. The molecule has 1 atom stereocenters. The number of piperidine rings is 1. The highest BCUT2D eigenvalue weighted by atomic mass is 16.6. The maximum Gasteiger partial charge on any atom is 0.409 e. The van der Waals surface area contributed by atoms with Crippen LogP contribution >= 0.6 is 0 Å². The molecule has 1 N–H and O–H groups in total. The molecule has 0 aliphatic carbocycles. The van der Waals surface area contributed by atoms with Crippen molar-refractivity contribution in [3.8, 4) is 0 Å². The van der Waals surface area contributed by atoms with Crippen LogP contribution in [0.2, 0.25) is 0 Å². The molecule has 2 aliphatic rings. The Kier molecular flexibility index (Phi) is 5.75. The van der Waals surface area contributed by atoms with Gasteiger partial charge in [0.2, 0.25) is 11.8 Å². The second-order valence-corrected chi connectivity index (χ2v) is 6.71. The third-order valence-electron chi connectivity index (χ3n) is 4.93. The maximum atomic E-state index is 12.6. The third kappa shape index (κ3) is 4.15. The molecule has 26 heavy (non-hydrogen) atoms. The van der Waals surface area contributed by atoms with Gasteiger partial charge in [-0.1, -0.05) is 18.2 Å². The van der Waals surface area contributed by atoms with Crippen LogP contribution in [0.5, 0.6) is 0 Å². The topological polar surface area (TPSA) is 79.0 Å². The molecule has 2 aliphatic heterocycles. The van der Waals surface area contributed by atoms with Gasteiger partial charge >= 0.3 is 6.09 Å². The van der Waals surface area contributed by atoms with Crippen molar-refractivity contribution in [3.63, 3.8) is 0 Å². The zero-order valence-electron chi connectivity index (χ0n) is 15.0. The van der Waals surface area contributed by atoms with Crippen LogP contribution < -0.4 is 10.2 Å². The average Bonchev–Trinajstić information content (AvgIpc) is 3.05. The highest BCUT2D eigenvalue weighted by molar-refractivity contribution is 6.00. The standard InChI is InChI=1S/C19H25N3O4/c1-2-26-19(25)21-10-8-15(9-11-21)20-18(24)14-12-17(23)22(13-14)16-6-4-3-5-7-16/h3-7,14-15H,2,8-13H2,1H3,(H,20,24). The van der Waals surface area contributed by atoms with Gasteiger partial charge in [-0.25, -0.2) is 4.79 Å². The smallest absolute Gasteiger partial charge is 0.409 e. The van der Waals surface area contributed by atoms with E-state index in [4.69, 9.17) is 4.74 Å². The number of hydrogen-bond donors (Lipinski definition) is 1. The summed E-state index contributed by atoms with van der Waals surface area (Å²) >= 11 is 0. The molecule has 0 radical (unpaired) electrons. The van der Waals surface area contributed by atoms with Gasteiger partial charge in [0.25, 0.3) is 0 Å². The molecule has 7 heteroatoms. The number of amides is 3. The van der Waals surface area contributed by atoms with E-state index in [9.17, 15) is 14.4 Å². The number of benzene rings is 1. The molecule has 0 bridgehead atoms. The van der Waals surface area contributed by atoms with Gasteiger partial charge < -0.3 is 19.9 Å². The molecule has 3 rings (SSSR count). The SMILES string of the molecule is CCOC(=O)N1CCC(NC(=O)C2CC(=O)N(c3ccccc3)C2)CC1. The zero-order valence-corrected chi connectivity index (χ0v) is 15.0. The molecule has 1 unspecified atom stereocenters. The summed E-state index contributed by atoms with van der Waals surface area (Å²) in [5, 5.41) is 3.05. The Bertz CT molecular complexity index is 656. The first kappa shape index (κ1) is 18.2. The van der Waals surface area contributed by atoms with E-state index in [1.807, 2.05) is 30.3 Å². The van der Waals surface area contributed by atoms with Gasteiger partial charge in [0, 0.05) is 37.8 Å². The minimum absolute atomic E-state index is 0.0199. The van der Waals surface area contributed by atoms with Crippen LogP contribution in [-0.4, -0.2) is 55.1 Å². The van der Waals surface area contributed by atoms with Crippen molar-refractivity contribution >= 4 is 23.6 Å². The van der Waals surface area contributed by atoms with Crippen LogP contribution in [0.3, 0.4) is 0 Å². The van der Waals surface area contributed by atoms with E-state index in [-0.39, 0.29) is 36.3 Å². The molecule has 7 nitrogen and oxygen atoms in total. The lowest BCUT2D eigenvalue weighted by Gasteiger charge is -2.32. The number of anilines is 1. The number of para-hydroxylation sites is 1. The fourth-order valence-electron chi connectivity index (χ4n) is 3.48. The maximum absolute atomic E-state index is 12.6. The van der Waals surface area contributed by atoms with E-state index >= 15 is 0 Å². The predicted molar refractivity (Wildman–Crippen MR) is 96.7 cm³/mol. The molecule has 0 saturated carbocycles. The number of carbonyl (C=O) groups is 3. The minimum atomic E-state index is -0.328. The predicted octanol–water partition coefficient (Wildman–Crippen LogP) is 1.78. The van der Waals surface area contributed by atoms with E-state index in [2.05, 4.69) is 5.32 Å². The van der Waals surface area contributed by atoms with Crippen LogP contribution in [0.1, 0.15) is 26.2 Å². The van der Waals surface area contributed by atoms with Crippen molar-refractivity contribution in [2.24, 2.45) is 5.92 Å². The number of rotatable bonds is 4. The van der Waals surface area contributed by atoms with Crippen molar-refractivity contribution in [1.29, 1.82) is 0 Å². The Hall–Kier alpha value is -2.57. The van der Waals surface area contributed by atoms with Crippen LogP contribution in [0.25, 0.3) is 0 Å². The minimum Gasteiger partial charge on any atom is -0.450 e. The zero-order chi connectivity index (χ0) is 18.5. The Morgan fingerprint density at radius 1 is 1.19 bits per heavy atom. The highest BCUT2D eigenvalue weighted by Gasteiger charge is 2.36. The average molecular weight is 359 g/mol. The molecule has 1 aromatic rings. The lowest BCUT2D eigenvalue weighted by Crippen LogP contribution is -2.48. The van der Waals surface area contributed by atoms with Crippen molar-refractivity contribution < 1.29 is 19.1 Å². The molecule has 3 amide bonds. The Labute approximate surface area is 153 Å². The van der Waals surface area contributed by atoms with Crippen molar-refractivity contribution in [2.45, 2.75) is 32.2 Å². The molecule has 2 saturated heterocycles. The van der Waals surface area contributed by atoms with Gasteiger partial charge in [-0.3, -0.25) is 9.59 Å².